The number of hydrogen-bond acceptors (Lipinski definition) is 4. The highest BCUT2D eigenvalue weighted by Gasteiger charge is 2.29. The molecule has 0 unspecified atom stereocenters. The Labute approximate surface area is 189 Å². The molecule has 9 heteroatoms. The number of halogens is 1. The molecule has 0 saturated carbocycles. The minimum atomic E-state index is -3.74. The number of nitrogens with zero attached hydrogens (tertiary/aromatic N) is 2. The molecule has 0 aliphatic carbocycles. The van der Waals surface area contributed by atoms with Gasteiger partial charge in [-0.2, -0.15) is 0 Å². The van der Waals surface area contributed by atoms with Crippen LogP contribution in [0, 0.1) is 13.8 Å². The molecule has 1 N–H and O–H groups in total. The molecule has 0 aliphatic heterocycles. The number of anilines is 1. The monoisotopic (exact) mass is 465 g/mol. The van der Waals surface area contributed by atoms with Gasteiger partial charge in [-0.1, -0.05) is 29.8 Å². The van der Waals surface area contributed by atoms with Crippen molar-refractivity contribution in [1.82, 2.24) is 10.2 Å². The number of likely N-dealkylation sites (N-methyl/N-ethyl adjacent to an activating group) is 1. The number of benzene rings is 2. The van der Waals surface area contributed by atoms with E-state index in [1.165, 1.54) is 11.9 Å². The van der Waals surface area contributed by atoms with E-state index in [1.807, 2.05) is 19.9 Å². The molecule has 31 heavy (non-hydrogen) atoms. The molecular formula is C22H28ClN3O4S. The minimum absolute atomic E-state index is 0.134. The molecule has 0 aliphatic rings. The summed E-state index contributed by atoms with van der Waals surface area (Å²) < 4.78 is 26.1. The summed E-state index contributed by atoms with van der Waals surface area (Å²) in [5, 5.41) is 3.09. The number of rotatable bonds is 8. The predicted octanol–water partition coefficient (Wildman–Crippen LogP) is 2.89. The number of aryl methyl sites for hydroxylation is 2. The molecule has 7 nitrogen and oxygen atoms in total. The van der Waals surface area contributed by atoms with Crippen molar-refractivity contribution in [3.05, 3.63) is 64.2 Å². The predicted molar refractivity (Wildman–Crippen MR) is 124 cm³/mol. The summed E-state index contributed by atoms with van der Waals surface area (Å²) >= 11 is 5.94. The van der Waals surface area contributed by atoms with Crippen LogP contribution in [0.1, 0.15) is 23.6 Å². The zero-order chi connectivity index (χ0) is 23.3. The first-order valence-electron chi connectivity index (χ1n) is 9.74. The number of sulfonamides is 1. The largest absolute Gasteiger partial charge is 0.357 e. The third kappa shape index (κ3) is 6.45. The van der Waals surface area contributed by atoms with E-state index in [1.54, 1.807) is 43.3 Å². The fourth-order valence-electron chi connectivity index (χ4n) is 3.07. The number of carbonyl (C=O) groups excluding carboxylic acids is 2. The molecule has 0 fully saturated rings. The van der Waals surface area contributed by atoms with Crippen LogP contribution in [0.2, 0.25) is 5.02 Å². The van der Waals surface area contributed by atoms with E-state index >= 15 is 0 Å². The van der Waals surface area contributed by atoms with E-state index in [2.05, 4.69) is 5.32 Å². The Morgan fingerprint density at radius 2 is 1.68 bits per heavy atom. The van der Waals surface area contributed by atoms with E-state index < -0.39 is 28.5 Å². The summed E-state index contributed by atoms with van der Waals surface area (Å²) in [4.78, 5) is 26.9. The van der Waals surface area contributed by atoms with Gasteiger partial charge < -0.3 is 10.2 Å². The van der Waals surface area contributed by atoms with Crippen LogP contribution in [-0.4, -0.2) is 51.0 Å². The van der Waals surface area contributed by atoms with Crippen LogP contribution in [-0.2, 0) is 26.2 Å². The fraction of sp³-hybridized carbons (Fsp3) is 0.364. The summed E-state index contributed by atoms with van der Waals surface area (Å²) in [6.07, 6.45) is 1.06. The van der Waals surface area contributed by atoms with Crippen molar-refractivity contribution in [1.29, 1.82) is 0 Å². The fourth-order valence-corrected chi connectivity index (χ4v) is 4.04. The third-order valence-electron chi connectivity index (χ3n) is 5.14. The lowest BCUT2D eigenvalue weighted by molar-refractivity contribution is -0.139. The van der Waals surface area contributed by atoms with Crippen molar-refractivity contribution in [3.63, 3.8) is 0 Å². The van der Waals surface area contributed by atoms with E-state index in [9.17, 15) is 18.0 Å². The quantitative estimate of drug-likeness (QED) is 0.649. The molecule has 0 radical (unpaired) electrons. The lowest BCUT2D eigenvalue weighted by atomic mass is 10.1. The Kier molecular flexibility index (Phi) is 8.08. The standard InChI is InChI=1S/C22H28ClN3O4S/c1-15-6-11-20(12-16(15)2)26(31(5,29)30)14-21(27)25(17(3)22(28)24-4)13-18-7-9-19(23)10-8-18/h6-12,17H,13-14H2,1-5H3,(H,24,28)/t17-/m0/s1. The van der Waals surface area contributed by atoms with Crippen LogP contribution in [0.25, 0.3) is 0 Å². The van der Waals surface area contributed by atoms with Crippen molar-refractivity contribution < 1.29 is 18.0 Å². The minimum Gasteiger partial charge on any atom is -0.357 e. The van der Waals surface area contributed by atoms with Crippen LogP contribution in [0.5, 0.6) is 0 Å². The first-order valence-corrected chi connectivity index (χ1v) is 12.0. The Morgan fingerprint density at radius 1 is 1.06 bits per heavy atom. The Hall–Kier alpha value is -2.58. The maximum absolute atomic E-state index is 13.3. The summed E-state index contributed by atoms with van der Waals surface area (Å²) in [6.45, 7) is 5.12. The SMILES string of the molecule is CNC(=O)[C@H](C)N(Cc1ccc(Cl)cc1)C(=O)CN(c1ccc(C)c(C)c1)S(C)(=O)=O. The van der Waals surface area contributed by atoms with Crippen LogP contribution in [0.15, 0.2) is 42.5 Å². The van der Waals surface area contributed by atoms with Gasteiger partial charge in [-0.15, -0.1) is 0 Å². The maximum atomic E-state index is 13.3. The second-order valence-corrected chi connectivity index (χ2v) is 9.82. The Balaban J connectivity index is 2.39. The normalized spacial score (nSPS) is 12.2. The third-order valence-corrected chi connectivity index (χ3v) is 6.53. The smallest absolute Gasteiger partial charge is 0.244 e. The Morgan fingerprint density at radius 3 is 2.19 bits per heavy atom. The molecule has 0 heterocycles. The van der Waals surface area contributed by atoms with Gasteiger partial charge in [-0.3, -0.25) is 13.9 Å². The molecule has 0 spiro atoms. The van der Waals surface area contributed by atoms with Crippen molar-refractivity contribution in [2.75, 3.05) is 24.2 Å². The molecule has 2 aromatic rings. The maximum Gasteiger partial charge on any atom is 0.244 e. The van der Waals surface area contributed by atoms with Crippen molar-refractivity contribution >= 4 is 39.1 Å². The van der Waals surface area contributed by atoms with Gasteiger partial charge in [0.05, 0.1) is 11.9 Å². The average molecular weight is 466 g/mol. The molecule has 0 saturated heterocycles. The van der Waals surface area contributed by atoms with Crippen molar-refractivity contribution in [2.45, 2.75) is 33.4 Å². The lowest BCUT2D eigenvalue weighted by Crippen LogP contribution is -2.50. The highest BCUT2D eigenvalue weighted by Crippen LogP contribution is 2.22. The van der Waals surface area contributed by atoms with E-state index in [0.29, 0.717) is 10.7 Å². The highest BCUT2D eigenvalue weighted by molar-refractivity contribution is 7.92. The second-order valence-electron chi connectivity index (χ2n) is 7.48. The Bertz CT molecular complexity index is 1050. The van der Waals surface area contributed by atoms with Crippen LogP contribution >= 0.6 is 11.6 Å². The van der Waals surface area contributed by atoms with E-state index in [0.717, 1.165) is 27.3 Å². The van der Waals surface area contributed by atoms with Gasteiger partial charge in [-0.25, -0.2) is 8.42 Å². The topological polar surface area (TPSA) is 86.8 Å². The zero-order valence-electron chi connectivity index (χ0n) is 18.3. The number of hydrogen-bond donors (Lipinski definition) is 1. The van der Waals surface area contributed by atoms with Crippen LogP contribution in [0.3, 0.4) is 0 Å². The van der Waals surface area contributed by atoms with E-state index in [4.69, 9.17) is 11.6 Å². The number of nitrogens with one attached hydrogen (secondary N) is 1. The number of carbonyl (C=O) groups is 2. The van der Waals surface area contributed by atoms with Gasteiger partial charge >= 0.3 is 0 Å². The van der Waals surface area contributed by atoms with Gasteiger partial charge in [0, 0.05) is 18.6 Å². The van der Waals surface area contributed by atoms with Gasteiger partial charge in [0.2, 0.25) is 21.8 Å². The summed E-state index contributed by atoms with van der Waals surface area (Å²) in [7, 11) is -2.25. The molecule has 168 valence electrons. The molecule has 2 amide bonds. The summed E-state index contributed by atoms with van der Waals surface area (Å²) in [5.41, 5.74) is 3.10. The first kappa shape index (κ1) is 24.7. The second kappa shape index (κ2) is 10.2. The van der Waals surface area contributed by atoms with Gasteiger partial charge in [0.15, 0.2) is 0 Å². The van der Waals surface area contributed by atoms with Gasteiger partial charge in [-0.05, 0) is 61.7 Å². The van der Waals surface area contributed by atoms with Crippen molar-refractivity contribution in [2.24, 2.45) is 0 Å². The molecule has 0 bridgehead atoms. The van der Waals surface area contributed by atoms with E-state index in [-0.39, 0.29) is 12.5 Å². The summed E-state index contributed by atoms with van der Waals surface area (Å²) in [5.74, 6) is -0.839. The average Bonchev–Trinajstić information content (AvgIpc) is 2.71. The molecule has 2 aromatic carbocycles. The highest BCUT2D eigenvalue weighted by atomic mass is 35.5. The number of amides is 2. The first-order chi connectivity index (χ1) is 14.4. The van der Waals surface area contributed by atoms with Gasteiger partial charge in [0.1, 0.15) is 12.6 Å². The lowest BCUT2D eigenvalue weighted by Gasteiger charge is -2.31. The molecule has 0 aromatic heterocycles. The van der Waals surface area contributed by atoms with Crippen LogP contribution < -0.4 is 9.62 Å². The molecule has 1 atom stereocenters. The van der Waals surface area contributed by atoms with Crippen molar-refractivity contribution in [3.8, 4) is 0 Å². The molecular weight excluding hydrogens is 438 g/mol. The van der Waals surface area contributed by atoms with Crippen LogP contribution in [0.4, 0.5) is 5.69 Å². The zero-order valence-corrected chi connectivity index (χ0v) is 19.9. The van der Waals surface area contributed by atoms with Gasteiger partial charge in [0.25, 0.3) is 0 Å². The summed E-state index contributed by atoms with van der Waals surface area (Å²) in [6, 6.07) is 11.3. The molecule has 2 rings (SSSR count).